The number of benzene rings is 2. The molecule has 0 saturated carbocycles. The molecule has 2 N–H and O–H groups in total. The summed E-state index contributed by atoms with van der Waals surface area (Å²) in [5.74, 6) is 0.601. The molecule has 1 aliphatic heterocycles. The molecule has 1 aliphatic rings. The number of nitrogens with two attached hydrogens (primary N) is 1. The van der Waals surface area contributed by atoms with Crippen LogP contribution in [0.2, 0.25) is 5.02 Å². The number of aliphatic imine (C=N–C) groups is 1. The molecule has 1 unspecified atom stereocenters. The van der Waals surface area contributed by atoms with Crippen molar-refractivity contribution in [3.05, 3.63) is 58.6 Å². The van der Waals surface area contributed by atoms with Crippen LogP contribution in [0.4, 0.5) is 0 Å². The van der Waals surface area contributed by atoms with Crippen LogP contribution in [-0.4, -0.2) is 27.6 Å². The molecule has 1 heterocycles. The monoisotopic (exact) mass is 312 g/mol. The van der Waals surface area contributed by atoms with Crippen LogP contribution in [0.1, 0.15) is 11.1 Å². The van der Waals surface area contributed by atoms with Gasteiger partial charge in [0.2, 0.25) is 0 Å². The van der Waals surface area contributed by atoms with Gasteiger partial charge in [-0.3, -0.25) is 0 Å². The van der Waals surface area contributed by atoms with Gasteiger partial charge in [0.25, 0.3) is 6.02 Å². The van der Waals surface area contributed by atoms with Crippen molar-refractivity contribution in [2.24, 2.45) is 10.7 Å². The summed E-state index contributed by atoms with van der Waals surface area (Å²) in [6.45, 7) is 0.297. The standard InChI is InChI=1S/C16H14BClN2O2/c1-21-14-6-5-11(8-13(14)18)16(9-22-15(19)20-16)10-3-2-4-12(17)7-10/h2-8H,9H2,1H3,(H2,19,20). The van der Waals surface area contributed by atoms with Gasteiger partial charge in [-0.2, -0.15) is 0 Å². The maximum atomic E-state index is 6.25. The number of hydrogen-bond donors (Lipinski definition) is 1. The minimum absolute atomic E-state index is 0.148. The molecular weight excluding hydrogens is 298 g/mol. The second kappa shape index (κ2) is 5.57. The second-order valence-corrected chi connectivity index (χ2v) is 5.48. The number of hydrogen-bond acceptors (Lipinski definition) is 4. The predicted octanol–water partition coefficient (Wildman–Crippen LogP) is 1.73. The van der Waals surface area contributed by atoms with Crippen molar-refractivity contribution in [1.29, 1.82) is 0 Å². The zero-order valence-electron chi connectivity index (χ0n) is 12.0. The average molecular weight is 313 g/mol. The predicted molar refractivity (Wildman–Crippen MR) is 88.2 cm³/mol. The lowest BCUT2D eigenvalue weighted by molar-refractivity contribution is 0.278. The fraction of sp³-hybridized carbons (Fsp3) is 0.188. The molecule has 1 atom stereocenters. The molecule has 0 amide bonds. The van der Waals surface area contributed by atoms with Crippen molar-refractivity contribution in [2.75, 3.05) is 13.7 Å². The molecular formula is C16H14BClN2O2. The van der Waals surface area contributed by atoms with E-state index in [0.29, 0.717) is 22.8 Å². The van der Waals surface area contributed by atoms with Crippen molar-refractivity contribution >= 4 is 30.9 Å². The highest BCUT2D eigenvalue weighted by Crippen LogP contribution is 2.39. The van der Waals surface area contributed by atoms with Gasteiger partial charge < -0.3 is 15.2 Å². The van der Waals surface area contributed by atoms with Gasteiger partial charge in [0.1, 0.15) is 20.2 Å². The van der Waals surface area contributed by atoms with Crippen molar-refractivity contribution in [2.45, 2.75) is 5.54 Å². The van der Waals surface area contributed by atoms with Crippen LogP contribution in [0.25, 0.3) is 0 Å². The van der Waals surface area contributed by atoms with Gasteiger partial charge in [0.05, 0.1) is 12.1 Å². The second-order valence-electron chi connectivity index (χ2n) is 5.07. The molecule has 3 rings (SSSR count). The van der Waals surface area contributed by atoms with Crippen LogP contribution in [0.3, 0.4) is 0 Å². The number of nitrogens with zero attached hydrogens (tertiary/aromatic N) is 1. The fourth-order valence-corrected chi connectivity index (χ4v) is 2.87. The van der Waals surface area contributed by atoms with E-state index in [0.717, 1.165) is 11.1 Å². The molecule has 2 aromatic carbocycles. The summed E-state index contributed by atoms with van der Waals surface area (Å²) in [5, 5.41) is 0.504. The summed E-state index contributed by atoms with van der Waals surface area (Å²) < 4.78 is 10.6. The molecule has 0 aliphatic carbocycles. The van der Waals surface area contributed by atoms with Gasteiger partial charge in [0.15, 0.2) is 5.54 Å². The van der Waals surface area contributed by atoms with E-state index in [1.807, 2.05) is 36.4 Å². The lowest BCUT2D eigenvalue weighted by Gasteiger charge is -2.26. The summed E-state index contributed by atoms with van der Waals surface area (Å²) in [6, 6.07) is 13.2. The van der Waals surface area contributed by atoms with Crippen LogP contribution in [0.5, 0.6) is 5.75 Å². The number of amidine groups is 1. The fourth-order valence-electron chi connectivity index (χ4n) is 2.61. The summed E-state index contributed by atoms with van der Waals surface area (Å²) in [4.78, 5) is 4.52. The average Bonchev–Trinajstić information content (AvgIpc) is 2.90. The van der Waals surface area contributed by atoms with Gasteiger partial charge in [-0.15, -0.1) is 0 Å². The van der Waals surface area contributed by atoms with Crippen LogP contribution >= 0.6 is 11.6 Å². The highest BCUT2D eigenvalue weighted by Gasteiger charge is 2.40. The van der Waals surface area contributed by atoms with E-state index < -0.39 is 5.54 Å². The molecule has 6 heteroatoms. The van der Waals surface area contributed by atoms with Crippen LogP contribution in [0, 0.1) is 0 Å². The van der Waals surface area contributed by atoms with Crippen molar-refractivity contribution in [3.63, 3.8) is 0 Å². The zero-order valence-corrected chi connectivity index (χ0v) is 12.8. The van der Waals surface area contributed by atoms with Crippen molar-refractivity contribution in [1.82, 2.24) is 0 Å². The van der Waals surface area contributed by atoms with Crippen molar-refractivity contribution in [3.8, 4) is 5.75 Å². The van der Waals surface area contributed by atoms with Gasteiger partial charge in [-0.1, -0.05) is 47.4 Å². The maximum absolute atomic E-state index is 6.25. The summed E-state index contributed by atoms with van der Waals surface area (Å²) in [7, 11) is 7.48. The third-order valence-electron chi connectivity index (χ3n) is 3.72. The molecule has 0 aromatic heterocycles. The molecule has 110 valence electrons. The highest BCUT2D eigenvalue weighted by molar-refractivity contribution is 6.32. The van der Waals surface area contributed by atoms with Gasteiger partial charge in [-0.05, 0) is 23.3 Å². The van der Waals surface area contributed by atoms with E-state index in [9.17, 15) is 0 Å². The number of ether oxygens (including phenoxy) is 2. The SMILES string of the molecule is [B]c1cccc(C2(c3ccc(OC)c(Cl)c3)COC(N)=N2)c1. The Morgan fingerprint density at radius 2 is 2.05 bits per heavy atom. The third-order valence-corrected chi connectivity index (χ3v) is 4.02. The Hall–Kier alpha value is -2.14. The Morgan fingerprint density at radius 3 is 2.64 bits per heavy atom. The first-order chi connectivity index (χ1) is 10.5. The Bertz CT molecular complexity index is 751. The van der Waals surface area contributed by atoms with Crippen LogP contribution in [-0.2, 0) is 10.3 Å². The molecule has 2 radical (unpaired) electrons. The minimum Gasteiger partial charge on any atom is -0.495 e. The Kier molecular flexibility index (Phi) is 3.75. The zero-order chi connectivity index (χ0) is 15.7. The molecule has 0 spiro atoms. The van der Waals surface area contributed by atoms with E-state index >= 15 is 0 Å². The first-order valence-corrected chi connectivity index (χ1v) is 7.11. The minimum atomic E-state index is -0.755. The van der Waals surface area contributed by atoms with Gasteiger partial charge in [-0.25, -0.2) is 4.99 Å². The molecule has 0 bridgehead atoms. The molecule has 22 heavy (non-hydrogen) atoms. The van der Waals surface area contributed by atoms with Crippen molar-refractivity contribution < 1.29 is 9.47 Å². The first kappa shape index (κ1) is 14.8. The van der Waals surface area contributed by atoms with Gasteiger partial charge in [0, 0.05) is 0 Å². The topological polar surface area (TPSA) is 56.8 Å². The number of halogens is 1. The quantitative estimate of drug-likeness (QED) is 0.878. The maximum Gasteiger partial charge on any atom is 0.283 e. The lowest BCUT2D eigenvalue weighted by Crippen LogP contribution is -2.28. The smallest absolute Gasteiger partial charge is 0.283 e. The largest absolute Gasteiger partial charge is 0.495 e. The summed E-state index contributed by atoms with van der Waals surface area (Å²) in [6.07, 6.45) is 0. The summed E-state index contributed by atoms with van der Waals surface area (Å²) in [5.41, 5.74) is 7.41. The van der Waals surface area contributed by atoms with Crippen LogP contribution < -0.4 is 15.9 Å². The van der Waals surface area contributed by atoms with Crippen LogP contribution in [0.15, 0.2) is 47.5 Å². The first-order valence-electron chi connectivity index (χ1n) is 6.73. The van der Waals surface area contributed by atoms with E-state index in [2.05, 4.69) is 4.99 Å². The number of rotatable bonds is 3. The van der Waals surface area contributed by atoms with Gasteiger partial charge >= 0.3 is 0 Å². The van der Waals surface area contributed by atoms with E-state index in [-0.39, 0.29) is 6.02 Å². The molecule has 0 saturated heterocycles. The Balaban J connectivity index is 2.18. The van der Waals surface area contributed by atoms with E-state index in [4.69, 9.17) is 34.7 Å². The molecule has 4 nitrogen and oxygen atoms in total. The Morgan fingerprint density at radius 1 is 1.27 bits per heavy atom. The van der Waals surface area contributed by atoms with E-state index in [1.54, 1.807) is 13.2 Å². The molecule has 2 aromatic rings. The third kappa shape index (κ3) is 2.42. The highest BCUT2D eigenvalue weighted by atomic mass is 35.5. The normalized spacial score (nSPS) is 20.4. The van der Waals surface area contributed by atoms with E-state index in [1.165, 1.54) is 0 Å². The Labute approximate surface area is 135 Å². The number of methoxy groups -OCH3 is 1. The summed E-state index contributed by atoms with van der Waals surface area (Å²) >= 11 is 6.25. The molecule has 0 fully saturated rings. The lowest BCUT2D eigenvalue weighted by atomic mass is 9.81.